The number of aromatic nitrogens is 1. The Kier molecular flexibility index (Phi) is 3.82. The zero-order chi connectivity index (χ0) is 15.2. The second kappa shape index (κ2) is 5.36. The monoisotopic (exact) mass is 346 g/mol. The van der Waals surface area contributed by atoms with E-state index in [4.69, 9.17) is 39.5 Å². The van der Waals surface area contributed by atoms with Gasteiger partial charge in [0.05, 0.1) is 13.2 Å². The minimum Gasteiger partial charge on any atom is -0.468 e. The lowest BCUT2D eigenvalue weighted by molar-refractivity contribution is -0.143. The van der Waals surface area contributed by atoms with Crippen LogP contribution in [-0.2, 0) is 16.0 Å². The average molecular weight is 348 g/mol. The lowest BCUT2D eigenvalue weighted by Crippen LogP contribution is -2.49. The highest BCUT2D eigenvalue weighted by Gasteiger charge is 2.43. The van der Waals surface area contributed by atoms with Crippen LogP contribution in [0, 0.1) is 0 Å². The Morgan fingerprint density at radius 3 is 2.71 bits per heavy atom. The third-order valence-corrected chi connectivity index (χ3v) is 4.38. The third-order valence-electron chi connectivity index (χ3n) is 3.72. The number of halogens is 3. The van der Waals surface area contributed by atoms with Gasteiger partial charge in [-0.15, -0.1) is 0 Å². The lowest BCUT2D eigenvalue weighted by Gasteiger charge is -2.33. The molecule has 1 aromatic heterocycles. The molecule has 1 aliphatic heterocycles. The molecule has 112 valence electrons. The van der Waals surface area contributed by atoms with E-state index < -0.39 is 15.9 Å². The van der Waals surface area contributed by atoms with E-state index in [1.165, 1.54) is 7.11 Å². The predicted octanol–water partition coefficient (Wildman–Crippen LogP) is 3.27. The van der Waals surface area contributed by atoms with Gasteiger partial charge in [0, 0.05) is 23.0 Å². The molecule has 4 nitrogen and oxygen atoms in total. The SMILES string of the molecule is COC(=O)[C@@H]1Cc2c([nH]c3ccccc23)[C@H](C(Cl)(Cl)Cl)N1. The molecule has 0 bridgehead atoms. The van der Waals surface area contributed by atoms with Crippen LogP contribution in [0.1, 0.15) is 17.3 Å². The van der Waals surface area contributed by atoms with Crippen molar-refractivity contribution in [3.8, 4) is 0 Å². The van der Waals surface area contributed by atoms with Gasteiger partial charge in [-0.2, -0.15) is 0 Å². The van der Waals surface area contributed by atoms with Crippen LogP contribution < -0.4 is 5.32 Å². The summed E-state index contributed by atoms with van der Waals surface area (Å²) in [5.41, 5.74) is 2.74. The van der Waals surface area contributed by atoms with Crippen molar-refractivity contribution in [3.05, 3.63) is 35.5 Å². The summed E-state index contributed by atoms with van der Waals surface area (Å²) in [7, 11) is 1.35. The van der Waals surface area contributed by atoms with Gasteiger partial charge in [-0.05, 0) is 11.6 Å². The minimum atomic E-state index is -1.58. The number of hydrogen-bond acceptors (Lipinski definition) is 3. The van der Waals surface area contributed by atoms with Gasteiger partial charge in [-0.25, -0.2) is 0 Å². The number of esters is 1. The number of alkyl halides is 3. The highest BCUT2D eigenvalue weighted by Crippen LogP contribution is 2.44. The molecule has 2 atom stereocenters. The molecule has 0 unspecified atom stereocenters. The fourth-order valence-corrected chi connectivity index (χ4v) is 3.30. The minimum absolute atomic E-state index is 0.370. The Hall–Kier alpha value is -0.940. The number of ether oxygens (including phenoxy) is 1. The number of carbonyl (C=O) groups is 1. The van der Waals surface area contributed by atoms with Crippen molar-refractivity contribution >= 4 is 51.7 Å². The Balaban J connectivity index is 2.15. The molecule has 0 amide bonds. The first-order valence-corrected chi connectivity index (χ1v) is 7.55. The van der Waals surface area contributed by atoms with Gasteiger partial charge in [0.1, 0.15) is 6.04 Å². The summed E-state index contributed by atoms with van der Waals surface area (Å²) >= 11 is 18.2. The number of benzene rings is 1. The summed E-state index contributed by atoms with van der Waals surface area (Å²) in [4.78, 5) is 15.2. The van der Waals surface area contributed by atoms with Crippen LogP contribution in [0.15, 0.2) is 24.3 Å². The number of fused-ring (bicyclic) bond motifs is 3. The van der Waals surface area contributed by atoms with Gasteiger partial charge in [-0.3, -0.25) is 10.1 Å². The molecule has 0 aliphatic carbocycles. The second-order valence-corrected chi connectivity index (χ2v) is 7.35. The molecule has 21 heavy (non-hydrogen) atoms. The molecule has 0 spiro atoms. The maximum Gasteiger partial charge on any atom is 0.323 e. The molecule has 0 fully saturated rings. The summed E-state index contributed by atoms with van der Waals surface area (Å²) in [5.74, 6) is -0.370. The number of hydrogen-bond donors (Lipinski definition) is 2. The zero-order valence-electron chi connectivity index (χ0n) is 11.1. The first kappa shape index (κ1) is 15.0. The van der Waals surface area contributed by atoms with Crippen molar-refractivity contribution in [2.45, 2.75) is 22.3 Å². The number of aromatic amines is 1. The van der Waals surface area contributed by atoms with Gasteiger partial charge in [-0.1, -0.05) is 53.0 Å². The van der Waals surface area contributed by atoms with Crippen LogP contribution in [0.5, 0.6) is 0 Å². The van der Waals surface area contributed by atoms with Crippen LogP contribution in [0.3, 0.4) is 0 Å². The standard InChI is InChI=1S/C14H13Cl3N2O2/c1-21-13(20)10-6-8-7-4-2-3-5-9(7)18-11(8)12(19-10)14(15,16)17/h2-5,10,12,18-19H,6H2,1H3/t10-,12+/m0/s1. The highest BCUT2D eigenvalue weighted by atomic mass is 35.6. The summed E-state index contributed by atoms with van der Waals surface area (Å²) in [6.45, 7) is 0. The first-order valence-electron chi connectivity index (χ1n) is 6.42. The van der Waals surface area contributed by atoms with E-state index in [1.54, 1.807) is 0 Å². The summed E-state index contributed by atoms with van der Waals surface area (Å²) in [5, 5.41) is 4.09. The van der Waals surface area contributed by atoms with Gasteiger partial charge >= 0.3 is 5.97 Å². The zero-order valence-corrected chi connectivity index (χ0v) is 13.4. The van der Waals surface area contributed by atoms with Crippen LogP contribution in [-0.4, -0.2) is 27.9 Å². The Morgan fingerprint density at radius 2 is 2.05 bits per heavy atom. The van der Waals surface area contributed by atoms with E-state index >= 15 is 0 Å². The quantitative estimate of drug-likeness (QED) is 0.615. The van der Waals surface area contributed by atoms with Crippen molar-refractivity contribution in [1.29, 1.82) is 0 Å². The molecule has 0 saturated heterocycles. The van der Waals surface area contributed by atoms with Crippen molar-refractivity contribution in [3.63, 3.8) is 0 Å². The van der Waals surface area contributed by atoms with E-state index in [-0.39, 0.29) is 5.97 Å². The van der Waals surface area contributed by atoms with Crippen molar-refractivity contribution in [1.82, 2.24) is 10.3 Å². The fraction of sp³-hybridized carbons (Fsp3) is 0.357. The van der Waals surface area contributed by atoms with E-state index in [9.17, 15) is 4.79 Å². The molecule has 1 aromatic carbocycles. The maximum absolute atomic E-state index is 11.9. The van der Waals surface area contributed by atoms with E-state index in [2.05, 4.69) is 10.3 Å². The smallest absolute Gasteiger partial charge is 0.323 e. The number of methoxy groups -OCH3 is 1. The van der Waals surface area contributed by atoms with Gasteiger partial charge in [0.15, 0.2) is 0 Å². The molecule has 3 rings (SSSR count). The first-order chi connectivity index (χ1) is 9.91. The molecule has 2 heterocycles. The molecule has 1 aliphatic rings. The summed E-state index contributed by atoms with van der Waals surface area (Å²) in [6.07, 6.45) is 0.489. The molecule has 0 radical (unpaired) electrons. The van der Waals surface area contributed by atoms with Crippen LogP contribution >= 0.6 is 34.8 Å². The topological polar surface area (TPSA) is 54.1 Å². The summed E-state index contributed by atoms with van der Waals surface area (Å²) in [6, 6.07) is 6.66. The Bertz CT molecular complexity index is 693. The number of para-hydroxylation sites is 1. The molecular formula is C14H13Cl3N2O2. The van der Waals surface area contributed by atoms with Crippen LogP contribution in [0.25, 0.3) is 10.9 Å². The number of nitrogens with one attached hydrogen (secondary N) is 2. The highest BCUT2D eigenvalue weighted by molar-refractivity contribution is 6.68. The summed E-state index contributed by atoms with van der Waals surface area (Å²) < 4.78 is 3.23. The lowest BCUT2D eigenvalue weighted by atomic mass is 9.94. The largest absolute Gasteiger partial charge is 0.468 e. The van der Waals surface area contributed by atoms with Crippen LogP contribution in [0.4, 0.5) is 0 Å². The number of carbonyl (C=O) groups excluding carboxylic acids is 1. The van der Waals surface area contributed by atoms with Gasteiger partial charge < -0.3 is 9.72 Å². The van der Waals surface area contributed by atoms with Gasteiger partial charge in [0.2, 0.25) is 3.79 Å². The van der Waals surface area contributed by atoms with E-state index in [1.807, 2.05) is 24.3 Å². The third kappa shape index (κ3) is 2.61. The normalized spacial score (nSPS) is 22.1. The van der Waals surface area contributed by atoms with E-state index in [0.29, 0.717) is 6.42 Å². The van der Waals surface area contributed by atoms with E-state index in [0.717, 1.165) is 22.2 Å². The molecule has 0 saturated carbocycles. The maximum atomic E-state index is 11.9. The predicted molar refractivity (Wildman–Crippen MR) is 84.0 cm³/mol. The molecule has 2 N–H and O–H groups in total. The Labute approximate surface area is 136 Å². The number of H-pyrrole nitrogens is 1. The second-order valence-electron chi connectivity index (χ2n) is 4.98. The van der Waals surface area contributed by atoms with Crippen molar-refractivity contribution in [2.24, 2.45) is 0 Å². The van der Waals surface area contributed by atoms with Gasteiger partial charge in [0.25, 0.3) is 0 Å². The van der Waals surface area contributed by atoms with Crippen LogP contribution in [0.2, 0.25) is 0 Å². The molecule has 2 aromatic rings. The number of rotatable bonds is 1. The molecule has 7 heteroatoms. The molecular weight excluding hydrogens is 335 g/mol. The Morgan fingerprint density at radius 1 is 1.33 bits per heavy atom. The average Bonchev–Trinajstić information content (AvgIpc) is 2.82. The fourth-order valence-electron chi connectivity index (χ4n) is 2.79. The van der Waals surface area contributed by atoms with Crippen molar-refractivity contribution in [2.75, 3.05) is 7.11 Å². The van der Waals surface area contributed by atoms with Crippen molar-refractivity contribution < 1.29 is 9.53 Å².